The van der Waals surface area contributed by atoms with Crippen LogP contribution in [0.25, 0.3) is 0 Å². The average Bonchev–Trinajstić information content (AvgIpc) is 2.38. The van der Waals surface area contributed by atoms with Gasteiger partial charge in [-0.2, -0.15) is 0 Å². The van der Waals surface area contributed by atoms with E-state index >= 15 is 0 Å². The minimum Gasteiger partial charge on any atom is -0.369 e. The third-order valence-electron chi connectivity index (χ3n) is 3.09. The summed E-state index contributed by atoms with van der Waals surface area (Å²) in [7, 11) is 1.54. The van der Waals surface area contributed by atoms with Crippen LogP contribution in [0.5, 0.6) is 0 Å². The molecule has 4 heteroatoms. The van der Waals surface area contributed by atoms with Crippen LogP contribution in [0.4, 0.5) is 5.69 Å². The van der Waals surface area contributed by atoms with E-state index in [0.717, 1.165) is 11.3 Å². The van der Waals surface area contributed by atoms with Gasteiger partial charge in [-0.25, -0.2) is 0 Å². The molecule has 0 bridgehead atoms. The molecule has 0 spiro atoms. The van der Waals surface area contributed by atoms with Crippen molar-refractivity contribution in [1.29, 1.82) is 0 Å². The molecule has 0 aliphatic carbocycles. The van der Waals surface area contributed by atoms with Gasteiger partial charge in [-0.05, 0) is 25.0 Å². The normalized spacial score (nSPS) is 14.1. The maximum Gasteiger partial charge on any atom is 0.256 e. The second kappa shape index (κ2) is 5.80. The van der Waals surface area contributed by atoms with Crippen LogP contribution in [0.1, 0.15) is 25.8 Å². The van der Waals surface area contributed by atoms with E-state index in [9.17, 15) is 4.79 Å². The van der Waals surface area contributed by atoms with Gasteiger partial charge in [0.1, 0.15) is 5.60 Å². The molecule has 0 heterocycles. The average molecular weight is 236 g/mol. The van der Waals surface area contributed by atoms with Gasteiger partial charge in [0.15, 0.2) is 0 Å². The standard InChI is InChI=1S/C13H20N2O2/c1-4-13(2,17-3)12(16)15-11-8-6-5-7-10(11)9-14/h5-8H,4,9,14H2,1-3H3,(H,15,16). The molecule has 1 unspecified atom stereocenters. The van der Waals surface area contributed by atoms with Crippen LogP contribution in [0.3, 0.4) is 0 Å². The number of nitrogens with two attached hydrogens (primary N) is 1. The number of anilines is 1. The van der Waals surface area contributed by atoms with Crippen LogP contribution in [-0.2, 0) is 16.1 Å². The van der Waals surface area contributed by atoms with Crippen LogP contribution in [0.2, 0.25) is 0 Å². The van der Waals surface area contributed by atoms with Gasteiger partial charge in [-0.3, -0.25) is 4.79 Å². The van der Waals surface area contributed by atoms with Gasteiger partial charge in [0.2, 0.25) is 0 Å². The molecule has 0 saturated carbocycles. The molecular formula is C13H20N2O2. The summed E-state index contributed by atoms with van der Waals surface area (Å²) in [6.07, 6.45) is 0.611. The SMILES string of the molecule is CCC(C)(OC)C(=O)Nc1ccccc1CN. The van der Waals surface area contributed by atoms with Gasteiger partial charge in [0, 0.05) is 19.3 Å². The lowest BCUT2D eigenvalue weighted by atomic mass is 10.0. The van der Waals surface area contributed by atoms with Crippen LogP contribution in [0, 0.1) is 0 Å². The lowest BCUT2D eigenvalue weighted by Gasteiger charge is -2.25. The maximum absolute atomic E-state index is 12.1. The summed E-state index contributed by atoms with van der Waals surface area (Å²) in [5.41, 5.74) is 6.47. The van der Waals surface area contributed by atoms with Gasteiger partial charge >= 0.3 is 0 Å². The molecule has 0 fully saturated rings. The second-order valence-electron chi connectivity index (χ2n) is 4.10. The Kier molecular flexibility index (Phi) is 4.66. The Balaban J connectivity index is 2.87. The summed E-state index contributed by atoms with van der Waals surface area (Å²) in [5.74, 6) is -0.150. The van der Waals surface area contributed by atoms with Crippen molar-refractivity contribution in [2.24, 2.45) is 5.73 Å². The van der Waals surface area contributed by atoms with Gasteiger partial charge < -0.3 is 15.8 Å². The van der Waals surface area contributed by atoms with Crippen molar-refractivity contribution >= 4 is 11.6 Å². The molecule has 1 atom stereocenters. The van der Waals surface area contributed by atoms with E-state index in [4.69, 9.17) is 10.5 Å². The Bertz CT molecular complexity index is 387. The summed E-state index contributed by atoms with van der Waals surface area (Å²) >= 11 is 0. The van der Waals surface area contributed by atoms with Crippen molar-refractivity contribution in [3.05, 3.63) is 29.8 Å². The maximum atomic E-state index is 12.1. The number of rotatable bonds is 5. The quantitative estimate of drug-likeness (QED) is 0.820. The number of amides is 1. The van der Waals surface area contributed by atoms with E-state index in [1.165, 1.54) is 7.11 Å². The molecule has 94 valence electrons. The smallest absolute Gasteiger partial charge is 0.256 e. The molecular weight excluding hydrogens is 216 g/mol. The molecule has 1 rings (SSSR count). The number of carbonyl (C=O) groups is 1. The van der Waals surface area contributed by atoms with Gasteiger partial charge in [-0.1, -0.05) is 25.1 Å². The largest absolute Gasteiger partial charge is 0.369 e. The van der Waals surface area contributed by atoms with E-state index < -0.39 is 5.60 Å². The number of ether oxygens (including phenoxy) is 1. The summed E-state index contributed by atoms with van der Waals surface area (Å²) in [5, 5.41) is 2.86. The van der Waals surface area contributed by atoms with E-state index in [0.29, 0.717) is 13.0 Å². The molecule has 0 aromatic heterocycles. The fraction of sp³-hybridized carbons (Fsp3) is 0.462. The Labute approximate surface area is 102 Å². The first-order valence-electron chi connectivity index (χ1n) is 5.72. The Morgan fingerprint density at radius 1 is 1.47 bits per heavy atom. The van der Waals surface area contributed by atoms with Crippen LogP contribution in [0.15, 0.2) is 24.3 Å². The number of methoxy groups -OCH3 is 1. The molecule has 4 nitrogen and oxygen atoms in total. The zero-order valence-corrected chi connectivity index (χ0v) is 10.6. The molecule has 17 heavy (non-hydrogen) atoms. The highest BCUT2D eigenvalue weighted by molar-refractivity contribution is 5.97. The third-order valence-corrected chi connectivity index (χ3v) is 3.09. The number of para-hydroxylation sites is 1. The molecule has 0 aliphatic heterocycles. The predicted octanol–water partition coefficient (Wildman–Crippen LogP) is 1.90. The highest BCUT2D eigenvalue weighted by Crippen LogP contribution is 2.20. The Morgan fingerprint density at radius 2 is 2.12 bits per heavy atom. The highest BCUT2D eigenvalue weighted by Gasteiger charge is 2.31. The third kappa shape index (κ3) is 3.05. The van der Waals surface area contributed by atoms with Crippen molar-refractivity contribution in [2.75, 3.05) is 12.4 Å². The van der Waals surface area contributed by atoms with Crippen molar-refractivity contribution in [1.82, 2.24) is 0 Å². The molecule has 1 aromatic rings. The zero-order valence-electron chi connectivity index (χ0n) is 10.6. The van der Waals surface area contributed by atoms with E-state index in [2.05, 4.69) is 5.32 Å². The minimum atomic E-state index is -0.804. The number of carbonyl (C=O) groups excluding carboxylic acids is 1. The van der Waals surface area contributed by atoms with Crippen LogP contribution >= 0.6 is 0 Å². The van der Waals surface area contributed by atoms with Crippen LogP contribution < -0.4 is 11.1 Å². The second-order valence-corrected chi connectivity index (χ2v) is 4.10. The monoisotopic (exact) mass is 236 g/mol. The first kappa shape index (κ1) is 13.7. The summed E-state index contributed by atoms with van der Waals surface area (Å²) < 4.78 is 5.25. The summed E-state index contributed by atoms with van der Waals surface area (Å²) in [6, 6.07) is 7.50. The highest BCUT2D eigenvalue weighted by atomic mass is 16.5. The molecule has 3 N–H and O–H groups in total. The van der Waals surface area contributed by atoms with Crippen molar-refractivity contribution < 1.29 is 9.53 Å². The fourth-order valence-electron chi connectivity index (χ4n) is 1.47. The predicted molar refractivity (Wildman–Crippen MR) is 68.7 cm³/mol. The number of hydrogen-bond acceptors (Lipinski definition) is 3. The molecule has 1 amide bonds. The summed E-state index contributed by atoms with van der Waals surface area (Å²) in [4.78, 5) is 12.1. The van der Waals surface area contributed by atoms with Crippen molar-refractivity contribution in [3.8, 4) is 0 Å². The fourth-order valence-corrected chi connectivity index (χ4v) is 1.47. The summed E-state index contributed by atoms with van der Waals surface area (Å²) in [6.45, 7) is 4.08. The minimum absolute atomic E-state index is 0.150. The first-order chi connectivity index (χ1) is 8.07. The van der Waals surface area contributed by atoms with E-state index in [1.807, 2.05) is 31.2 Å². The number of hydrogen-bond donors (Lipinski definition) is 2. The Hall–Kier alpha value is -1.39. The van der Waals surface area contributed by atoms with Gasteiger partial charge in [0.25, 0.3) is 5.91 Å². The zero-order chi connectivity index (χ0) is 12.9. The Morgan fingerprint density at radius 3 is 2.65 bits per heavy atom. The number of benzene rings is 1. The van der Waals surface area contributed by atoms with E-state index in [-0.39, 0.29) is 5.91 Å². The molecule has 0 aliphatic rings. The molecule has 1 aromatic carbocycles. The molecule has 0 radical (unpaired) electrons. The lowest BCUT2D eigenvalue weighted by molar-refractivity contribution is -0.136. The van der Waals surface area contributed by atoms with Gasteiger partial charge in [-0.15, -0.1) is 0 Å². The van der Waals surface area contributed by atoms with Gasteiger partial charge in [0.05, 0.1) is 0 Å². The van der Waals surface area contributed by atoms with Crippen molar-refractivity contribution in [2.45, 2.75) is 32.4 Å². The van der Waals surface area contributed by atoms with Crippen molar-refractivity contribution in [3.63, 3.8) is 0 Å². The topological polar surface area (TPSA) is 64.3 Å². The van der Waals surface area contributed by atoms with E-state index in [1.54, 1.807) is 6.92 Å². The molecule has 0 saturated heterocycles. The van der Waals surface area contributed by atoms with Crippen LogP contribution in [-0.4, -0.2) is 18.6 Å². The first-order valence-corrected chi connectivity index (χ1v) is 5.72. The lowest BCUT2D eigenvalue weighted by Crippen LogP contribution is -2.41. The number of nitrogens with one attached hydrogen (secondary N) is 1.